The third-order valence-electron chi connectivity index (χ3n) is 10.5. The Labute approximate surface area is 295 Å². The van der Waals surface area contributed by atoms with E-state index in [1.807, 2.05) is 12.1 Å². The van der Waals surface area contributed by atoms with Gasteiger partial charge in [0.1, 0.15) is 0 Å². The molecule has 0 atom stereocenters. The van der Waals surface area contributed by atoms with Gasteiger partial charge in [-0.1, -0.05) is 128 Å². The fourth-order valence-corrected chi connectivity index (χ4v) is 7.64. The van der Waals surface area contributed by atoms with E-state index in [0.29, 0.717) is 33.2 Å². The topological polar surface area (TPSA) is 155 Å². The summed E-state index contributed by atoms with van der Waals surface area (Å²) in [7, 11) is 0. The van der Waals surface area contributed by atoms with Crippen LogP contribution in [0.1, 0.15) is 162 Å². The van der Waals surface area contributed by atoms with E-state index in [-0.39, 0.29) is 35.3 Å². The largest absolute Gasteiger partial charge is 0.349 e. The Balaban J connectivity index is 0.000000200. The number of aromatic amines is 4. The van der Waals surface area contributed by atoms with Gasteiger partial charge in [-0.3, -0.25) is 9.59 Å². The summed E-state index contributed by atoms with van der Waals surface area (Å²) in [5, 5.41) is 6.41. The van der Waals surface area contributed by atoms with Crippen molar-refractivity contribution in [2.75, 3.05) is 0 Å². The second-order valence-corrected chi connectivity index (χ2v) is 14.5. The fourth-order valence-electron chi connectivity index (χ4n) is 7.64. The van der Waals surface area contributed by atoms with Crippen LogP contribution in [0.2, 0.25) is 0 Å². The predicted octanol–water partition coefficient (Wildman–Crippen LogP) is 8.52. The van der Waals surface area contributed by atoms with Crippen molar-refractivity contribution < 1.29 is 9.59 Å². The highest BCUT2D eigenvalue weighted by atomic mass is 16.2. The van der Waals surface area contributed by atoms with Gasteiger partial charge in [0.15, 0.2) is 0 Å². The third-order valence-corrected chi connectivity index (χ3v) is 10.5. The van der Waals surface area contributed by atoms with Crippen LogP contribution in [-0.4, -0.2) is 43.8 Å². The van der Waals surface area contributed by atoms with E-state index >= 15 is 0 Å². The van der Waals surface area contributed by atoms with Crippen molar-refractivity contribution in [3.8, 4) is 0 Å². The summed E-state index contributed by atoms with van der Waals surface area (Å²) in [4.78, 5) is 59.4. The highest BCUT2D eigenvalue weighted by Gasteiger charge is 2.19. The molecule has 2 aliphatic rings. The van der Waals surface area contributed by atoms with Gasteiger partial charge in [0.05, 0.1) is 33.2 Å². The van der Waals surface area contributed by atoms with Gasteiger partial charge < -0.3 is 30.6 Å². The first kappa shape index (κ1) is 37.2. The molecule has 0 aliphatic heterocycles. The van der Waals surface area contributed by atoms with E-state index in [0.717, 1.165) is 25.7 Å². The smallest absolute Gasteiger partial charge is 0.323 e. The number of carbonyl (C=O) groups is 2. The molecule has 0 bridgehead atoms. The molecule has 2 aromatic heterocycles. The summed E-state index contributed by atoms with van der Waals surface area (Å²) in [5.74, 6) is -0.172. The van der Waals surface area contributed by atoms with Crippen LogP contribution in [0, 0.1) is 0 Å². The lowest BCUT2D eigenvalue weighted by Crippen LogP contribution is -2.35. The number of carbonyl (C=O) groups excluding carboxylic acids is 2. The highest BCUT2D eigenvalue weighted by Crippen LogP contribution is 2.21. The van der Waals surface area contributed by atoms with Crippen LogP contribution in [0.4, 0.5) is 0 Å². The van der Waals surface area contributed by atoms with Gasteiger partial charge >= 0.3 is 11.4 Å². The fraction of sp³-hybridized carbons (Fsp3) is 0.600. The van der Waals surface area contributed by atoms with Gasteiger partial charge in [-0.2, -0.15) is 0 Å². The molecule has 4 aromatic rings. The Bertz CT molecular complexity index is 1720. The number of hydrogen-bond acceptors (Lipinski definition) is 4. The molecule has 2 saturated carbocycles. The molecule has 0 unspecified atom stereocenters. The second-order valence-electron chi connectivity index (χ2n) is 14.5. The number of rotatable bonds is 4. The number of H-pyrrole nitrogens is 4. The minimum atomic E-state index is -0.280. The molecular weight excluding hydrogens is 628 g/mol. The summed E-state index contributed by atoms with van der Waals surface area (Å²) in [6, 6.07) is 11.2. The molecule has 2 aromatic carbocycles. The van der Waals surface area contributed by atoms with Crippen LogP contribution in [0.5, 0.6) is 0 Å². The Morgan fingerprint density at radius 3 is 1.06 bits per heavy atom. The van der Waals surface area contributed by atoms with E-state index in [2.05, 4.69) is 30.6 Å². The summed E-state index contributed by atoms with van der Waals surface area (Å²) in [6.07, 6.45) is 27.4. The number of aromatic nitrogens is 4. The highest BCUT2D eigenvalue weighted by molar-refractivity contribution is 6.05. The second kappa shape index (κ2) is 19.9. The molecule has 0 saturated heterocycles. The molecule has 6 rings (SSSR count). The van der Waals surface area contributed by atoms with Crippen molar-refractivity contribution in [2.24, 2.45) is 0 Å². The van der Waals surface area contributed by atoms with E-state index in [1.54, 1.807) is 24.3 Å². The average Bonchev–Trinajstić information content (AvgIpc) is 3.72. The lowest BCUT2D eigenvalue weighted by molar-refractivity contribution is 0.0924. The van der Waals surface area contributed by atoms with Crippen molar-refractivity contribution >= 4 is 33.9 Å². The summed E-state index contributed by atoms with van der Waals surface area (Å²) in [5.41, 5.74) is 3.08. The van der Waals surface area contributed by atoms with Gasteiger partial charge in [0.25, 0.3) is 11.8 Å². The van der Waals surface area contributed by atoms with Crippen LogP contribution in [0.3, 0.4) is 0 Å². The molecule has 0 radical (unpaired) electrons. The Morgan fingerprint density at radius 2 is 0.740 bits per heavy atom. The number of nitrogens with one attached hydrogen (secondary N) is 6. The number of benzene rings is 2. The van der Waals surface area contributed by atoms with Gasteiger partial charge in [-0.25, -0.2) is 9.59 Å². The van der Waals surface area contributed by atoms with Crippen LogP contribution < -0.4 is 22.0 Å². The van der Waals surface area contributed by atoms with Gasteiger partial charge in [-0.05, 0) is 49.9 Å². The first-order valence-corrected chi connectivity index (χ1v) is 19.5. The van der Waals surface area contributed by atoms with Crippen molar-refractivity contribution in [3.05, 3.63) is 68.5 Å². The molecule has 6 N–H and O–H groups in total. The SMILES string of the molecule is O=C(NC1CCCCCCCC1)c1cccc2[nH]c(=O)[nH]c12.O=C(NC1CCCCCCCCCCCCCC1)c1cccc2[nH]c(=O)[nH]c12. The quantitative estimate of drug-likeness (QED) is 0.127. The molecule has 2 heterocycles. The maximum Gasteiger partial charge on any atom is 0.323 e. The molecule has 2 aliphatic carbocycles. The minimum absolute atomic E-state index is 0.0798. The maximum absolute atomic E-state index is 12.9. The molecular formula is C40H58N6O4. The predicted molar refractivity (Wildman–Crippen MR) is 202 cm³/mol. The van der Waals surface area contributed by atoms with E-state index in [9.17, 15) is 19.2 Å². The molecule has 10 heteroatoms. The zero-order valence-electron chi connectivity index (χ0n) is 29.8. The standard InChI is InChI=1S/C23H35N3O2.C17H23N3O2/c27-22(19-16-13-17-20-21(19)26-23(28)25-20)24-18-14-11-9-7-5-3-1-2-4-6-8-10-12-15-18;21-16(18-12-8-5-3-1-2-4-6-9-12)13-10-7-11-14-15(13)20-17(22)19-14/h13,16-18H,1-12,14-15H2,(H,24,27)(H2,25,26,28);7,10-12H,1-6,8-9H2,(H,18,21)(H2,19,20,22). The van der Waals surface area contributed by atoms with Crippen molar-refractivity contribution in [1.82, 2.24) is 30.6 Å². The van der Waals surface area contributed by atoms with Gasteiger partial charge in [-0.15, -0.1) is 0 Å². The Morgan fingerprint density at radius 1 is 0.440 bits per heavy atom. The van der Waals surface area contributed by atoms with Crippen LogP contribution in [-0.2, 0) is 0 Å². The van der Waals surface area contributed by atoms with Crippen molar-refractivity contribution in [1.29, 1.82) is 0 Å². The minimum Gasteiger partial charge on any atom is -0.349 e. The number of amides is 2. The molecule has 2 amide bonds. The van der Waals surface area contributed by atoms with Crippen molar-refractivity contribution in [2.45, 2.75) is 153 Å². The average molecular weight is 687 g/mol. The maximum atomic E-state index is 12.9. The lowest BCUT2D eigenvalue weighted by atomic mass is 10.00. The number of imidazole rings is 2. The van der Waals surface area contributed by atoms with Crippen LogP contribution in [0.15, 0.2) is 46.0 Å². The Kier molecular flexibility index (Phi) is 14.8. The first-order valence-electron chi connectivity index (χ1n) is 19.5. The summed E-state index contributed by atoms with van der Waals surface area (Å²) >= 11 is 0. The molecule has 272 valence electrons. The molecule has 10 nitrogen and oxygen atoms in total. The van der Waals surface area contributed by atoms with Crippen LogP contribution >= 0.6 is 0 Å². The summed E-state index contributed by atoms with van der Waals surface area (Å²) in [6.45, 7) is 0. The first-order chi connectivity index (χ1) is 24.5. The summed E-state index contributed by atoms with van der Waals surface area (Å²) < 4.78 is 0. The van der Waals surface area contributed by atoms with E-state index in [4.69, 9.17) is 0 Å². The van der Waals surface area contributed by atoms with E-state index in [1.165, 1.54) is 116 Å². The number of fused-ring (bicyclic) bond motifs is 2. The van der Waals surface area contributed by atoms with Gasteiger partial charge in [0, 0.05) is 12.1 Å². The zero-order valence-corrected chi connectivity index (χ0v) is 29.8. The lowest BCUT2D eigenvalue weighted by Gasteiger charge is -2.19. The molecule has 2 fully saturated rings. The number of hydrogen-bond donors (Lipinski definition) is 6. The Hall–Kier alpha value is -4.08. The van der Waals surface area contributed by atoms with E-state index < -0.39 is 0 Å². The molecule has 0 spiro atoms. The third kappa shape index (κ3) is 11.5. The number of para-hydroxylation sites is 2. The van der Waals surface area contributed by atoms with Gasteiger partial charge in [0.2, 0.25) is 0 Å². The van der Waals surface area contributed by atoms with Crippen molar-refractivity contribution in [3.63, 3.8) is 0 Å². The monoisotopic (exact) mass is 686 g/mol. The zero-order chi connectivity index (χ0) is 35.0. The molecule has 50 heavy (non-hydrogen) atoms. The van der Waals surface area contributed by atoms with Crippen LogP contribution in [0.25, 0.3) is 22.1 Å². The normalized spacial score (nSPS) is 18.4.